The Morgan fingerprint density at radius 2 is 2.25 bits per heavy atom. The van der Waals surface area contributed by atoms with Gasteiger partial charge in [-0.25, -0.2) is 4.39 Å². The second kappa shape index (κ2) is 4.63. The summed E-state index contributed by atoms with van der Waals surface area (Å²) in [6.45, 7) is 2.21. The van der Waals surface area contributed by atoms with E-state index in [9.17, 15) is 9.18 Å². The first-order valence-electron chi connectivity index (χ1n) is 5.17. The van der Waals surface area contributed by atoms with E-state index < -0.39 is 6.10 Å². The SMILES string of the molecule is Cc1ccc(C2CC(=O)CCO2)c(F)c1Br. The van der Waals surface area contributed by atoms with E-state index in [1.54, 1.807) is 6.07 Å². The van der Waals surface area contributed by atoms with Crippen LogP contribution in [0.25, 0.3) is 0 Å². The van der Waals surface area contributed by atoms with E-state index in [1.165, 1.54) is 0 Å². The van der Waals surface area contributed by atoms with E-state index >= 15 is 0 Å². The highest BCUT2D eigenvalue weighted by Gasteiger charge is 2.25. The van der Waals surface area contributed by atoms with Gasteiger partial charge in [0.1, 0.15) is 11.6 Å². The van der Waals surface area contributed by atoms with Gasteiger partial charge >= 0.3 is 0 Å². The summed E-state index contributed by atoms with van der Waals surface area (Å²) < 4.78 is 19.8. The van der Waals surface area contributed by atoms with Gasteiger partial charge in [-0.05, 0) is 28.4 Å². The van der Waals surface area contributed by atoms with Gasteiger partial charge in [0.25, 0.3) is 0 Å². The molecule has 86 valence electrons. The molecule has 2 nitrogen and oxygen atoms in total. The Morgan fingerprint density at radius 3 is 2.94 bits per heavy atom. The molecule has 0 aromatic heterocycles. The maximum Gasteiger partial charge on any atom is 0.143 e. The summed E-state index contributed by atoms with van der Waals surface area (Å²) in [5.74, 6) is -0.188. The summed E-state index contributed by atoms with van der Waals surface area (Å²) in [4.78, 5) is 11.3. The van der Waals surface area contributed by atoms with Crippen LogP contribution in [0, 0.1) is 12.7 Å². The van der Waals surface area contributed by atoms with Crippen LogP contribution in [0.3, 0.4) is 0 Å². The molecule has 0 radical (unpaired) electrons. The molecule has 2 rings (SSSR count). The van der Waals surface area contributed by atoms with Crippen LogP contribution in [0.2, 0.25) is 0 Å². The number of aryl methyl sites for hydroxylation is 1. The first-order chi connectivity index (χ1) is 7.59. The maximum absolute atomic E-state index is 13.9. The number of hydrogen-bond acceptors (Lipinski definition) is 2. The van der Waals surface area contributed by atoms with Crippen molar-refractivity contribution in [3.05, 3.63) is 33.5 Å². The number of ketones is 1. The molecule has 4 heteroatoms. The topological polar surface area (TPSA) is 26.3 Å². The summed E-state index contributed by atoms with van der Waals surface area (Å²) in [6, 6.07) is 3.52. The fraction of sp³-hybridized carbons (Fsp3) is 0.417. The molecule has 1 fully saturated rings. The third kappa shape index (κ3) is 2.18. The Kier molecular flexibility index (Phi) is 3.40. The first-order valence-corrected chi connectivity index (χ1v) is 5.96. The van der Waals surface area contributed by atoms with Crippen molar-refractivity contribution in [2.75, 3.05) is 6.61 Å². The van der Waals surface area contributed by atoms with Gasteiger partial charge in [0.2, 0.25) is 0 Å². The minimum Gasteiger partial charge on any atom is -0.372 e. The Balaban J connectivity index is 2.33. The third-order valence-corrected chi connectivity index (χ3v) is 3.74. The van der Waals surface area contributed by atoms with E-state index in [-0.39, 0.29) is 18.0 Å². The number of carbonyl (C=O) groups is 1. The molecule has 1 aromatic carbocycles. The molecule has 1 saturated heterocycles. The predicted molar refractivity (Wildman–Crippen MR) is 61.8 cm³/mol. The molecule has 1 aliphatic heterocycles. The first kappa shape index (κ1) is 11.7. The summed E-state index contributed by atoms with van der Waals surface area (Å²) >= 11 is 3.20. The van der Waals surface area contributed by atoms with Crippen LogP contribution in [0.15, 0.2) is 16.6 Å². The highest BCUT2D eigenvalue weighted by atomic mass is 79.9. The Bertz CT molecular complexity index is 431. The summed E-state index contributed by atoms with van der Waals surface area (Å²) in [5, 5.41) is 0. The molecule has 0 N–H and O–H groups in total. The zero-order valence-corrected chi connectivity index (χ0v) is 10.5. The van der Waals surface area contributed by atoms with E-state index in [0.29, 0.717) is 23.1 Å². The molecule has 1 aromatic rings. The predicted octanol–water partition coefficient (Wildman–Crippen LogP) is 3.32. The van der Waals surface area contributed by atoms with Crippen molar-refractivity contribution in [1.29, 1.82) is 0 Å². The van der Waals surface area contributed by atoms with Gasteiger partial charge in [-0.3, -0.25) is 4.79 Å². The van der Waals surface area contributed by atoms with Gasteiger partial charge in [-0.15, -0.1) is 0 Å². The summed E-state index contributed by atoms with van der Waals surface area (Å²) in [5.41, 5.74) is 1.30. The number of hydrogen-bond donors (Lipinski definition) is 0. The standard InChI is InChI=1S/C12H12BrFO2/c1-7-2-3-9(12(14)11(7)13)10-6-8(15)4-5-16-10/h2-3,10H,4-6H2,1H3. The van der Waals surface area contributed by atoms with Crippen molar-refractivity contribution in [3.8, 4) is 0 Å². The molecule has 0 saturated carbocycles. The van der Waals surface area contributed by atoms with Crippen LogP contribution >= 0.6 is 15.9 Å². The highest BCUT2D eigenvalue weighted by Crippen LogP contribution is 2.32. The zero-order valence-electron chi connectivity index (χ0n) is 8.93. The van der Waals surface area contributed by atoms with Crippen molar-refractivity contribution in [1.82, 2.24) is 0 Å². The number of Topliss-reactive ketones (excluding diaryl/α,β-unsaturated/α-hetero) is 1. The van der Waals surface area contributed by atoms with Crippen LogP contribution in [-0.2, 0) is 9.53 Å². The molecule has 0 spiro atoms. The Hall–Kier alpha value is -0.740. The molecule has 1 unspecified atom stereocenters. The average molecular weight is 287 g/mol. The van der Waals surface area contributed by atoms with Crippen LogP contribution < -0.4 is 0 Å². The number of carbonyl (C=O) groups excluding carboxylic acids is 1. The lowest BCUT2D eigenvalue weighted by Crippen LogP contribution is -2.20. The molecule has 1 aliphatic rings. The van der Waals surface area contributed by atoms with Gasteiger partial charge in [0.05, 0.1) is 17.2 Å². The smallest absolute Gasteiger partial charge is 0.143 e. The van der Waals surface area contributed by atoms with E-state index in [0.717, 1.165) is 5.56 Å². The van der Waals surface area contributed by atoms with Crippen LogP contribution in [0.1, 0.15) is 30.1 Å². The lowest BCUT2D eigenvalue weighted by atomic mass is 9.99. The maximum atomic E-state index is 13.9. The largest absolute Gasteiger partial charge is 0.372 e. The second-order valence-electron chi connectivity index (χ2n) is 3.95. The molecule has 1 atom stereocenters. The lowest BCUT2D eigenvalue weighted by Gasteiger charge is -2.23. The van der Waals surface area contributed by atoms with E-state index in [2.05, 4.69) is 15.9 Å². The fourth-order valence-corrected chi connectivity index (χ4v) is 2.15. The molecule has 1 heterocycles. The number of rotatable bonds is 1. The van der Waals surface area contributed by atoms with Crippen molar-refractivity contribution in [3.63, 3.8) is 0 Å². The molecule has 0 amide bonds. The van der Waals surface area contributed by atoms with E-state index in [4.69, 9.17) is 4.74 Å². The van der Waals surface area contributed by atoms with Gasteiger partial charge in [-0.1, -0.05) is 12.1 Å². The zero-order chi connectivity index (χ0) is 11.7. The van der Waals surface area contributed by atoms with Gasteiger partial charge in [0, 0.05) is 18.4 Å². The van der Waals surface area contributed by atoms with Gasteiger partial charge in [0.15, 0.2) is 0 Å². The molecular formula is C12H12BrFO2. The van der Waals surface area contributed by atoms with Crippen LogP contribution in [0.5, 0.6) is 0 Å². The van der Waals surface area contributed by atoms with Crippen molar-refractivity contribution in [2.24, 2.45) is 0 Å². The monoisotopic (exact) mass is 286 g/mol. The Labute approximate surface area is 102 Å². The van der Waals surface area contributed by atoms with Crippen molar-refractivity contribution in [2.45, 2.75) is 25.9 Å². The minimum absolute atomic E-state index is 0.132. The van der Waals surface area contributed by atoms with Crippen LogP contribution in [0.4, 0.5) is 4.39 Å². The normalized spacial score (nSPS) is 21.2. The minimum atomic E-state index is -0.432. The number of halogens is 2. The third-order valence-electron chi connectivity index (χ3n) is 2.77. The molecular weight excluding hydrogens is 275 g/mol. The molecule has 0 aliphatic carbocycles. The van der Waals surface area contributed by atoms with Gasteiger partial charge in [-0.2, -0.15) is 0 Å². The summed E-state index contributed by atoms with van der Waals surface area (Å²) in [7, 11) is 0. The fourth-order valence-electron chi connectivity index (χ4n) is 1.79. The number of ether oxygens (including phenoxy) is 1. The summed E-state index contributed by atoms with van der Waals surface area (Å²) in [6.07, 6.45) is 0.274. The van der Waals surface area contributed by atoms with Gasteiger partial charge < -0.3 is 4.74 Å². The Morgan fingerprint density at radius 1 is 1.50 bits per heavy atom. The van der Waals surface area contributed by atoms with Crippen LogP contribution in [-0.4, -0.2) is 12.4 Å². The molecule has 0 bridgehead atoms. The quantitative estimate of drug-likeness (QED) is 0.792. The van der Waals surface area contributed by atoms with E-state index in [1.807, 2.05) is 13.0 Å². The average Bonchev–Trinajstić information content (AvgIpc) is 2.26. The van der Waals surface area contributed by atoms with Crippen molar-refractivity contribution >= 4 is 21.7 Å². The lowest BCUT2D eigenvalue weighted by molar-refractivity contribution is -0.128. The molecule has 16 heavy (non-hydrogen) atoms. The number of benzene rings is 1. The van der Waals surface area contributed by atoms with Crippen molar-refractivity contribution < 1.29 is 13.9 Å². The highest BCUT2D eigenvalue weighted by molar-refractivity contribution is 9.10. The second-order valence-corrected chi connectivity index (χ2v) is 4.74.